The van der Waals surface area contributed by atoms with Crippen LogP contribution in [0.5, 0.6) is 5.75 Å². The number of nitrogens with zero attached hydrogens (tertiary/aromatic N) is 1. The van der Waals surface area contributed by atoms with Gasteiger partial charge in [0.2, 0.25) is 0 Å². The van der Waals surface area contributed by atoms with Gasteiger partial charge in [-0.15, -0.1) is 0 Å². The normalized spacial score (nSPS) is 17.2. The Bertz CT molecular complexity index is 673. The first-order chi connectivity index (χ1) is 11.2. The third kappa shape index (κ3) is 3.62. The third-order valence-corrected chi connectivity index (χ3v) is 4.48. The van der Waals surface area contributed by atoms with Crippen LogP contribution in [0.4, 0.5) is 0 Å². The standard InChI is InChI=1S/C20H23NO2/c1-23-18-11-7-10-17(14-18)19(20(22)12-5-6-13-20)21-15-16-8-3-2-4-9-16/h2-4,7-11,14,22H,5-6,12-13,15H2,1H3. The van der Waals surface area contributed by atoms with Gasteiger partial charge in [-0.3, -0.25) is 4.99 Å². The van der Waals surface area contributed by atoms with Crippen molar-refractivity contribution in [3.05, 3.63) is 65.7 Å². The zero-order valence-corrected chi connectivity index (χ0v) is 13.5. The molecular formula is C20H23NO2. The summed E-state index contributed by atoms with van der Waals surface area (Å²) in [4.78, 5) is 4.80. The van der Waals surface area contributed by atoms with E-state index in [-0.39, 0.29) is 0 Å². The fraction of sp³-hybridized carbons (Fsp3) is 0.350. The molecule has 1 saturated carbocycles. The summed E-state index contributed by atoms with van der Waals surface area (Å²) in [5.41, 5.74) is 2.07. The Balaban J connectivity index is 1.96. The zero-order chi connectivity index (χ0) is 16.1. The van der Waals surface area contributed by atoms with Crippen LogP contribution < -0.4 is 4.74 Å². The quantitative estimate of drug-likeness (QED) is 0.849. The average Bonchev–Trinajstić information content (AvgIpc) is 3.03. The number of hydrogen-bond acceptors (Lipinski definition) is 3. The van der Waals surface area contributed by atoms with E-state index in [4.69, 9.17) is 9.73 Å². The fourth-order valence-corrected chi connectivity index (χ4v) is 3.23. The van der Waals surface area contributed by atoms with Crippen LogP contribution in [0.25, 0.3) is 0 Å². The summed E-state index contributed by atoms with van der Waals surface area (Å²) in [6.07, 6.45) is 3.64. The van der Waals surface area contributed by atoms with Crippen LogP contribution in [0.2, 0.25) is 0 Å². The van der Waals surface area contributed by atoms with E-state index in [1.54, 1.807) is 7.11 Å². The van der Waals surface area contributed by atoms with Crippen molar-refractivity contribution in [3.63, 3.8) is 0 Å². The van der Waals surface area contributed by atoms with E-state index < -0.39 is 5.60 Å². The molecule has 1 N–H and O–H groups in total. The largest absolute Gasteiger partial charge is 0.497 e. The van der Waals surface area contributed by atoms with Crippen LogP contribution >= 0.6 is 0 Å². The second kappa shape index (κ2) is 6.97. The van der Waals surface area contributed by atoms with E-state index in [2.05, 4.69) is 12.1 Å². The van der Waals surface area contributed by atoms with Crippen molar-refractivity contribution >= 4 is 5.71 Å². The summed E-state index contributed by atoms with van der Waals surface area (Å²) in [6.45, 7) is 0.579. The van der Waals surface area contributed by atoms with Crippen molar-refractivity contribution in [2.45, 2.75) is 37.8 Å². The van der Waals surface area contributed by atoms with Gasteiger partial charge in [0.05, 0.1) is 19.4 Å². The molecule has 1 aliphatic carbocycles. The Kier molecular flexibility index (Phi) is 4.77. The predicted molar refractivity (Wildman–Crippen MR) is 93.1 cm³/mol. The van der Waals surface area contributed by atoms with Gasteiger partial charge in [-0.2, -0.15) is 0 Å². The van der Waals surface area contributed by atoms with Crippen molar-refractivity contribution in [1.82, 2.24) is 0 Å². The lowest BCUT2D eigenvalue weighted by molar-refractivity contribution is 0.120. The first-order valence-electron chi connectivity index (χ1n) is 8.17. The molecular weight excluding hydrogens is 286 g/mol. The number of aliphatic hydroxyl groups is 1. The van der Waals surface area contributed by atoms with E-state index in [0.29, 0.717) is 6.54 Å². The van der Waals surface area contributed by atoms with Gasteiger partial charge in [0.25, 0.3) is 0 Å². The number of ether oxygens (including phenoxy) is 1. The summed E-state index contributed by atoms with van der Waals surface area (Å²) >= 11 is 0. The van der Waals surface area contributed by atoms with Crippen LogP contribution in [-0.2, 0) is 6.54 Å². The van der Waals surface area contributed by atoms with Crippen LogP contribution in [0.1, 0.15) is 36.8 Å². The third-order valence-electron chi connectivity index (χ3n) is 4.48. The van der Waals surface area contributed by atoms with Crippen molar-refractivity contribution in [2.75, 3.05) is 7.11 Å². The molecule has 0 unspecified atom stereocenters. The Labute approximate surface area is 137 Å². The predicted octanol–water partition coefficient (Wildman–Crippen LogP) is 3.99. The highest BCUT2D eigenvalue weighted by molar-refractivity contribution is 6.07. The maximum atomic E-state index is 11.1. The molecule has 0 saturated heterocycles. The number of rotatable bonds is 5. The Morgan fingerprint density at radius 1 is 1.09 bits per heavy atom. The molecule has 0 aromatic heterocycles. The van der Waals surface area contributed by atoms with Gasteiger partial charge in [-0.25, -0.2) is 0 Å². The van der Waals surface area contributed by atoms with E-state index in [0.717, 1.165) is 48.3 Å². The van der Waals surface area contributed by atoms with E-state index in [1.807, 2.05) is 42.5 Å². The van der Waals surface area contributed by atoms with Crippen LogP contribution in [0, 0.1) is 0 Å². The highest BCUT2D eigenvalue weighted by Crippen LogP contribution is 2.34. The molecule has 0 atom stereocenters. The smallest absolute Gasteiger partial charge is 0.119 e. The van der Waals surface area contributed by atoms with Crippen LogP contribution in [0.3, 0.4) is 0 Å². The summed E-state index contributed by atoms with van der Waals surface area (Å²) in [7, 11) is 1.66. The first-order valence-corrected chi connectivity index (χ1v) is 8.17. The molecule has 0 bridgehead atoms. The van der Waals surface area contributed by atoms with Gasteiger partial charge in [0, 0.05) is 5.56 Å². The topological polar surface area (TPSA) is 41.8 Å². The number of benzene rings is 2. The molecule has 0 aliphatic heterocycles. The molecule has 0 spiro atoms. The Morgan fingerprint density at radius 2 is 1.83 bits per heavy atom. The summed E-state index contributed by atoms with van der Waals surface area (Å²) in [5, 5.41) is 11.1. The minimum Gasteiger partial charge on any atom is -0.497 e. The lowest BCUT2D eigenvalue weighted by Crippen LogP contribution is -2.36. The van der Waals surface area contributed by atoms with E-state index in [9.17, 15) is 5.11 Å². The van der Waals surface area contributed by atoms with Crippen molar-refractivity contribution in [2.24, 2.45) is 4.99 Å². The lowest BCUT2D eigenvalue weighted by atomic mass is 9.90. The van der Waals surface area contributed by atoms with Crippen molar-refractivity contribution in [3.8, 4) is 5.75 Å². The number of methoxy groups -OCH3 is 1. The molecule has 3 rings (SSSR count). The minimum atomic E-state index is -0.818. The fourth-order valence-electron chi connectivity index (χ4n) is 3.23. The van der Waals surface area contributed by atoms with Gasteiger partial charge in [0.15, 0.2) is 0 Å². The summed E-state index contributed by atoms with van der Waals surface area (Å²) < 4.78 is 5.33. The molecule has 120 valence electrons. The maximum Gasteiger partial charge on any atom is 0.119 e. The van der Waals surface area contributed by atoms with Gasteiger partial charge in [-0.05, 0) is 30.5 Å². The van der Waals surface area contributed by atoms with Gasteiger partial charge < -0.3 is 9.84 Å². The molecule has 1 fully saturated rings. The van der Waals surface area contributed by atoms with Gasteiger partial charge >= 0.3 is 0 Å². The van der Waals surface area contributed by atoms with Gasteiger partial charge in [-0.1, -0.05) is 55.3 Å². The van der Waals surface area contributed by atoms with E-state index >= 15 is 0 Å². The molecule has 3 heteroatoms. The van der Waals surface area contributed by atoms with Crippen molar-refractivity contribution < 1.29 is 9.84 Å². The minimum absolute atomic E-state index is 0.579. The molecule has 23 heavy (non-hydrogen) atoms. The monoisotopic (exact) mass is 309 g/mol. The molecule has 0 amide bonds. The molecule has 3 nitrogen and oxygen atoms in total. The highest BCUT2D eigenvalue weighted by Gasteiger charge is 2.37. The molecule has 2 aromatic rings. The van der Waals surface area contributed by atoms with Crippen LogP contribution in [-0.4, -0.2) is 23.5 Å². The zero-order valence-electron chi connectivity index (χ0n) is 13.5. The Hall–Kier alpha value is -2.13. The first kappa shape index (κ1) is 15.8. The van der Waals surface area contributed by atoms with Crippen LogP contribution in [0.15, 0.2) is 59.6 Å². The van der Waals surface area contributed by atoms with E-state index in [1.165, 1.54) is 0 Å². The Morgan fingerprint density at radius 3 is 2.52 bits per heavy atom. The second-order valence-electron chi connectivity index (χ2n) is 6.12. The number of hydrogen-bond donors (Lipinski definition) is 1. The average molecular weight is 309 g/mol. The van der Waals surface area contributed by atoms with Crippen molar-refractivity contribution in [1.29, 1.82) is 0 Å². The maximum absolute atomic E-state index is 11.1. The van der Waals surface area contributed by atoms with Gasteiger partial charge in [0.1, 0.15) is 11.4 Å². The summed E-state index contributed by atoms with van der Waals surface area (Å²) in [6, 6.07) is 18.0. The molecule has 2 aromatic carbocycles. The molecule has 1 aliphatic rings. The SMILES string of the molecule is COc1cccc(C(=NCc2ccccc2)C2(O)CCCC2)c1. The molecule has 0 heterocycles. The lowest BCUT2D eigenvalue weighted by Gasteiger charge is -2.25. The highest BCUT2D eigenvalue weighted by atomic mass is 16.5. The molecule has 0 radical (unpaired) electrons. The second-order valence-corrected chi connectivity index (χ2v) is 6.12. The number of aliphatic imine (C=N–C) groups is 1. The summed E-state index contributed by atoms with van der Waals surface area (Å²) in [5.74, 6) is 0.788.